The third-order valence-corrected chi connectivity index (χ3v) is 5.54. The average Bonchev–Trinajstić information content (AvgIpc) is 3.22. The first-order valence-corrected chi connectivity index (χ1v) is 10.7. The van der Waals surface area contributed by atoms with Gasteiger partial charge in [0.05, 0.1) is 17.0 Å². The van der Waals surface area contributed by atoms with Gasteiger partial charge in [-0.3, -0.25) is 9.36 Å². The van der Waals surface area contributed by atoms with E-state index in [9.17, 15) is 14.9 Å². The topological polar surface area (TPSA) is 137 Å². The van der Waals surface area contributed by atoms with Gasteiger partial charge < -0.3 is 15.3 Å². The number of carbonyl (C=O) groups excluding carboxylic acids is 1. The number of hydrogen-bond donors (Lipinski definition) is 2. The van der Waals surface area contributed by atoms with Gasteiger partial charge in [-0.25, -0.2) is 14.8 Å². The zero-order valence-corrected chi connectivity index (χ0v) is 19.6. The summed E-state index contributed by atoms with van der Waals surface area (Å²) in [6.45, 7) is 3.69. The highest BCUT2D eigenvalue weighted by Crippen LogP contribution is 2.28. The molecule has 3 heterocycles. The summed E-state index contributed by atoms with van der Waals surface area (Å²) in [4.78, 5) is 38.5. The van der Waals surface area contributed by atoms with Crippen molar-refractivity contribution in [2.75, 3.05) is 19.4 Å². The van der Waals surface area contributed by atoms with Crippen LogP contribution in [0.4, 0.5) is 11.8 Å². The molecule has 0 fully saturated rings. The Hall–Kier alpha value is -4.78. The number of aromatic carboxylic acids is 1. The van der Waals surface area contributed by atoms with Crippen LogP contribution in [0.25, 0.3) is 16.7 Å². The van der Waals surface area contributed by atoms with Crippen LogP contribution in [0.15, 0.2) is 54.9 Å². The molecule has 0 aliphatic rings. The molecule has 4 rings (SSSR count). The lowest BCUT2D eigenvalue weighted by atomic mass is 9.86. The van der Waals surface area contributed by atoms with Crippen LogP contribution in [0, 0.1) is 11.3 Å². The SMILES string of the molecule is CN(C)C(=O)c1cc2cnc(Nc3ccc(C(=O)O)cn3)nc2n1-c1ccc(C(C)(C)C#N)cc1. The van der Waals surface area contributed by atoms with Crippen LogP contribution in [-0.2, 0) is 5.41 Å². The highest BCUT2D eigenvalue weighted by atomic mass is 16.4. The number of carboxylic acids is 1. The monoisotopic (exact) mass is 469 g/mol. The minimum absolute atomic E-state index is 0.0654. The molecule has 35 heavy (non-hydrogen) atoms. The number of fused-ring (bicyclic) bond motifs is 1. The van der Waals surface area contributed by atoms with E-state index >= 15 is 0 Å². The normalized spacial score (nSPS) is 11.2. The van der Waals surface area contributed by atoms with Gasteiger partial charge in [0.25, 0.3) is 5.91 Å². The van der Waals surface area contributed by atoms with Gasteiger partial charge in [0, 0.05) is 37.6 Å². The van der Waals surface area contributed by atoms with Crippen LogP contribution in [0.1, 0.15) is 40.3 Å². The molecule has 0 atom stereocenters. The highest BCUT2D eigenvalue weighted by molar-refractivity contribution is 5.99. The van der Waals surface area contributed by atoms with Gasteiger partial charge in [0.15, 0.2) is 5.65 Å². The minimum Gasteiger partial charge on any atom is -0.478 e. The number of benzene rings is 1. The molecule has 2 N–H and O–H groups in total. The van der Waals surface area contributed by atoms with Gasteiger partial charge in [0.2, 0.25) is 5.95 Å². The number of nitriles is 1. The van der Waals surface area contributed by atoms with E-state index in [1.807, 2.05) is 38.1 Å². The van der Waals surface area contributed by atoms with Gasteiger partial charge in [-0.05, 0) is 49.7 Å². The summed E-state index contributed by atoms with van der Waals surface area (Å²) >= 11 is 0. The highest BCUT2D eigenvalue weighted by Gasteiger charge is 2.22. The van der Waals surface area contributed by atoms with Crippen molar-refractivity contribution >= 4 is 34.7 Å². The maximum absolute atomic E-state index is 13.0. The standard InChI is InChI=1S/C25H23N7O3/c1-25(2,14-26)17-6-8-18(9-7-17)32-19(22(33)31(3)4)11-16-13-28-24(30-21(16)32)29-20-10-5-15(12-27-20)23(34)35/h5-13H,1-4H3,(H,34,35)(H,27,28,29,30). The fraction of sp³-hybridized carbons (Fsp3) is 0.200. The van der Waals surface area contributed by atoms with E-state index in [1.165, 1.54) is 23.2 Å². The van der Waals surface area contributed by atoms with Crippen LogP contribution >= 0.6 is 0 Å². The zero-order chi connectivity index (χ0) is 25.3. The van der Waals surface area contributed by atoms with Crippen molar-refractivity contribution in [2.24, 2.45) is 0 Å². The molecule has 0 bridgehead atoms. The average molecular weight is 470 g/mol. The van der Waals surface area contributed by atoms with Crippen LogP contribution in [0.3, 0.4) is 0 Å². The molecule has 176 valence electrons. The second-order valence-corrected chi connectivity index (χ2v) is 8.68. The fourth-order valence-electron chi connectivity index (χ4n) is 3.50. The smallest absolute Gasteiger partial charge is 0.337 e. The van der Waals surface area contributed by atoms with E-state index in [2.05, 4.69) is 26.3 Å². The Balaban J connectivity index is 1.80. The molecule has 0 unspecified atom stereocenters. The molecule has 0 radical (unpaired) electrons. The summed E-state index contributed by atoms with van der Waals surface area (Å²) in [5, 5.41) is 22.1. The molecule has 0 saturated heterocycles. The Bertz CT molecular complexity index is 1460. The summed E-state index contributed by atoms with van der Waals surface area (Å²) in [6, 6.07) is 14.4. The molecule has 10 heteroatoms. The van der Waals surface area contributed by atoms with E-state index in [-0.39, 0.29) is 17.4 Å². The van der Waals surface area contributed by atoms with Crippen molar-refractivity contribution in [1.29, 1.82) is 5.26 Å². The van der Waals surface area contributed by atoms with Crippen LogP contribution < -0.4 is 5.32 Å². The zero-order valence-electron chi connectivity index (χ0n) is 19.6. The number of nitrogens with zero attached hydrogens (tertiary/aromatic N) is 6. The lowest BCUT2D eigenvalue weighted by molar-refractivity contribution is 0.0696. The Morgan fingerprint density at radius 1 is 1.09 bits per heavy atom. The van der Waals surface area contributed by atoms with Crippen LogP contribution in [-0.4, -0.2) is 55.5 Å². The number of aromatic nitrogens is 4. The van der Waals surface area contributed by atoms with Crippen LogP contribution in [0.2, 0.25) is 0 Å². The summed E-state index contributed by atoms with van der Waals surface area (Å²) < 4.78 is 1.74. The fourth-order valence-corrected chi connectivity index (χ4v) is 3.50. The van der Waals surface area contributed by atoms with Crippen molar-refractivity contribution in [1.82, 2.24) is 24.4 Å². The summed E-state index contributed by atoms with van der Waals surface area (Å²) in [5.74, 6) is -0.662. The Morgan fingerprint density at radius 2 is 1.80 bits per heavy atom. The number of carbonyl (C=O) groups is 2. The van der Waals surface area contributed by atoms with Gasteiger partial charge in [-0.15, -0.1) is 0 Å². The quantitative estimate of drug-likeness (QED) is 0.435. The molecule has 1 aromatic carbocycles. The molecule has 0 aliphatic carbocycles. The third-order valence-electron chi connectivity index (χ3n) is 5.54. The number of amides is 1. The number of hydrogen-bond acceptors (Lipinski definition) is 7. The first-order chi connectivity index (χ1) is 16.6. The van der Waals surface area contributed by atoms with E-state index < -0.39 is 11.4 Å². The molecule has 3 aromatic heterocycles. The van der Waals surface area contributed by atoms with Crippen molar-refractivity contribution in [3.63, 3.8) is 0 Å². The second-order valence-electron chi connectivity index (χ2n) is 8.68. The number of nitrogens with one attached hydrogen (secondary N) is 1. The van der Waals surface area contributed by atoms with Crippen molar-refractivity contribution in [2.45, 2.75) is 19.3 Å². The van der Waals surface area contributed by atoms with Crippen molar-refractivity contribution in [3.05, 3.63) is 71.7 Å². The Kier molecular flexibility index (Phi) is 5.93. The summed E-state index contributed by atoms with van der Waals surface area (Å²) in [7, 11) is 3.35. The molecule has 1 amide bonds. The second kappa shape index (κ2) is 8.87. The third kappa shape index (κ3) is 4.52. The van der Waals surface area contributed by atoms with Crippen LogP contribution in [0.5, 0.6) is 0 Å². The number of carboxylic acid groups (broad SMARTS) is 1. The first-order valence-electron chi connectivity index (χ1n) is 10.7. The summed E-state index contributed by atoms with van der Waals surface area (Å²) in [6.07, 6.45) is 2.84. The van der Waals surface area contributed by atoms with Gasteiger partial charge in [-0.1, -0.05) is 12.1 Å². The van der Waals surface area contributed by atoms with Gasteiger partial charge >= 0.3 is 5.97 Å². The largest absolute Gasteiger partial charge is 0.478 e. The van der Waals surface area contributed by atoms with E-state index in [1.54, 1.807) is 30.9 Å². The lowest BCUT2D eigenvalue weighted by Gasteiger charge is -2.18. The molecular weight excluding hydrogens is 446 g/mol. The molecule has 0 aliphatic heterocycles. The molecule has 0 saturated carbocycles. The summed E-state index contributed by atoms with van der Waals surface area (Å²) in [5.41, 5.74) is 1.89. The van der Waals surface area contributed by atoms with E-state index in [0.717, 1.165) is 5.56 Å². The van der Waals surface area contributed by atoms with Crippen molar-refractivity contribution < 1.29 is 14.7 Å². The number of rotatable bonds is 6. The predicted molar refractivity (Wildman–Crippen MR) is 130 cm³/mol. The van der Waals surface area contributed by atoms with Gasteiger partial charge in [-0.2, -0.15) is 10.2 Å². The minimum atomic E-state index is -1.07. The molecule has 4 aromatic rings. The molecular formula is C25H23N7O3. The Morgan fingerprint density at radius 3 is 2.37 bits per heavy atom. The molecule has 10 nitrogen and oxygen atoms in total. The van der Waals surface area contributed by atoms with E-state index in [0.29, 0.717) is 28.2 Å². The van der Waals surface area contributed by atoms with E-state index in [4.69, 9.17) is 5.11 Å². The number of anilines is 2. The molecule has 0 spiro atoms. The number of pyridine rings is 1. The predicted octanol–water partition coefficient (Wildman–Crippen LogP) is 3.76. The first kappa shape index (κ1) is 23.4. The van der Waals surface area contributed by atoms with Gasteiger partial charge in [0.1, 0.15) is 11.5 Å². The maximum atomic E-state index is 13.0. The lowest BCUT2D eigenvalue weighted by Crippen LogP contribution is -2.24. The maximum Gasteiger partial charge on any atom is 0.337 e. The Labute approximate surface area is 201 Å². The van der Waals surface area contributed by atoms with Crippen molar-refractivity contribution in [3.8, 4) is 11.8 Å².